The molecule has 0 amide bonds. The van der Waals surface area contributed by atoms with Crippen LogP contribution in [0.3, 0.4) is 0 Å². The lowest BCUT2D eigenvalue weighted by Crippen LogP contribution is -2.30. The third-order valence-corrected chi connectivity index (χ3v) is 1.68. The molecule has 0 spiro atoms. The van der Waals surface area contributed by atoms with Crippen molar-refractivity contribution in [3.63, 3.8) is 0 Å². The summed E-state index contributed by atoms with van der Waals surface area (Å²) in [5.41, 5.74) is 0. The van der Waals surface area contributed by atoms with E-state index in [2.05, 4.69) is 25.3 Å². The van der Waals surface area contributed by atoms with Crippen molar-refractivity contribution in [2.45, 2.75) is 13.3 Å². The monoisotopic (exact) mass is 112 g/mol. The van der Waals surface area contributed by atoms with Gasteiger partial charge in [-0.3, -0.25) is 0 Å². The van der Waals surface area contributed by atoms with E-state index in [0.717, 1.165) is 5.92 Å². The molecule has 0 aromatic rings. The molecule has 1 radical (unpaired) electrons. The Morgan fingerprint density at radius 2 is 2.38 bits per heavy atom. The Hall–Kier alpha value is -0.0400. The minimum atomic E-state index is 0.814. The standard InChI is InChI=1S/C7H14N/c1-7-4-3-5-8(2)6-7/h4,7H,3,5-6H2,1-2H3. The second-order valence-corrected chi connectivity index (χ2v) is 2.76. The minimum Gasteiger partial charge on any atom is -0.306 e. The largest absolute Gasteiger partial charge is 0.306 e. The molecular weight excluding hydrogens is 98.1 g/mol. The van der Waals surface area contributed by atoms with Gasteiger partial charge in [-0.15, -0.1) is 0 Å². The molecule has 1 aliphatic rings. The Kier molecular flexibility index (Phi) is 1.90. The van der Waals surface area contributed by atoms with Gasteiger partial charge in [0, 0.05) is 6.54 Å². The van der Waals surface area contributed by atoms with Gasteiger partial charge in [0.1, 0.15) is 0 Å². The molecule has 0 aliphatic carbocycles. The van der Waals surface area contributed by atoms with Crippen molar-refractivity contribution in [3.8, 4) is 0 Å². The summed E-state index contributed by atoms with van der Waals surface area (Å²) < 4.78 is 0. The van der Waals surface area contributed by atoms with E-state index in [0.29, 0.717) is 0 Å². The molecule has 0 bridgehead atoms. The Balaban J connectivity index is 2.23. The maximum atomic E-state index is 2.40. The SMILES string of the molecule is CC1[CH]CCN(C)C1. The van der Waals surface area contributed by atoms with E-state index in [1.807, 2.05) is 0 Å². The van der Waals surface area contributed by atoms with Crippen LogP contribution in [0.5, 0.6) is 0 Å². The summed E-state index contributed by atoms with van der Waals surface area (Å²) >= 11 is 0. The molecule has 0 saturated carbocycles. The van der Waals surface area contributed by atoms with Crippen molar-refractivity contribution >= 4 is 0 Å². The maximum absolute atomic E-state index is 2.40. The van der Waals surface area contributed by atoms with Gasteiger partial charge in [0.15, 0.2) is 0 Å². The first-order valence-electron chi connectivity index (χ1n) is 3.31. The predicted molar refractivity (Wildman–Crippen MR) is 35.6 cm³/mol. The molecule has 1 fully saturated rings. The lowest BCUT2D eigenvalue weighted by atomic mass is 10.0. The summed E-state index contributed by atoms with van der Waals surface area (Å²) in [6.07, 6.45) is 3.68. The second-order valence-electron chi connectivity index (χ2n) is 2.76. The van der Waals surface area contributed by atoms with Crippen molar-refractivity contribution in [2.75, 3.05) is 20.1 Å². The highest BCUT2D eigenvalue weighted by atomic mass is 15.1. The van der Waals surface area contributed by atoms with Gasteiger partial charge in [-0.25, -0.2) is 0 Å². The fourth-order valence-electron chi connectivity index (χ4n) is 1.24. The van der Waals surface area contributed by atoms with Crippen LogP contribution in [0.4, 0.5) is 0 Å². The topological polar surface area (TPSA) is 3.24 Å². The van der Waals surface area contributed by atoms with Gasteiger partial charge in [-0.05, 0) is 32.4 Å². The van der Waals surface area contributed by atoms with Gasteiger partial charge in [0.2, 0.25) is 0 Å². The lowest BCUT2D eigenvalue weighted by molar-refractivity contribution is 0.264. The van der Waals surface area contributed by atoms with Gasteiger partial charge in [0.05, 0.1) is 0 Å². The van der Waals surface area contributed by atoms with E-state index in [-0.39, 0.29) is 0 Å². The van der Waals surface area contributed by atoms with Crippen molar-refractivity contribution < 1.29 is 0 Å². The summed E-state index contributed by atoms with van der Waals surface area (Å²) in [4.78, 5) is 2.38. The lowest BCUT2D eigenvalue weighted by Gasteiger charge is -2.26. The van der Waals surface area contributed by atoms with Crippen LogP contribution in [0.1, 0.15) is 13.3 Å². The normalized spacial score (nSPS) is 33.0. The molecule has 47 valence electrons. The first-order chi connectivity index (χ1) is 3.79. The number of likely N-dealkylation sites (tertiary alicyclic amines) is 1. The van der Waals surface area contributed by atoms with Gasteiger partial charge in [-0.1, -0.05) is 6.92 Å². The molecule has 1 saturated heterocycles. The zero-order valence-corrected chi connectivity index (χ0v) is 5.72. The van der Waals surface area contributed by atoms with E-state index >= 15 is 0 Å². The number of hydrogen-bond acceptors (Lipinski definition) is 1. The first kappa shape index (κ1) is 6.09. The molecule has 1 nitrogen and oxygen atoms in total. The van der Waals surface area contributed by atoms with Crippen molar-refractivity contribution in [2.24, 2.45) is 5.92 Å². The highest BCUT2D eigenvalue weighted by molar-refractivity contribution is 4.80. The molecule has 1 atom stereocenters. The molecular formula is C7H14N. The maximum Gasteiger partial charge on any atom is 0.000673 e. The highest BCUT2D eigenvalue weighted by Crippen LogP contribution is 2.11. The van der Waals surface area contributed by atoms with Crippen LogP contribution in [0, 0.1) is 12.3 Å². The number of nitrogens with zero attached hydrogens (tertiary/aromatic N) is 1. The van der Waals surface area contributed by atoms with E-state index < -0.39 is 0 Å². The van der Waals surface area contributed by atoms with Crippen LogP contribution < -0.4 is 0 Å². The Bertz CT molecular complexity index is 62.8. The predicted octanol–water partition coefficient (Wildman–Crippen LogP) is 1.16. The molecule has 1 heterocycles. The summed E-state index contributed by atoms with van der Waals surface area (Å²) in [7, 11) is 2.18. The van der Waals surface area contributed by atoms with E-state index in [4.69, 9.17) is 0 Å². The quantitative estimate of drug-likeness (QED) is 0.454. The fourth-order valence-corrected chi connectivity index (χ4v) is 1.24. The van der Waals surface area contributed by atoms with Crippen LogP contribution in [-0.4, -0.2) is 25.0 Å². The minimum absolute atomic E-state index is 0.814. The molecule has 1 heteroatoms. The fraction of sp³-hybridized carbons (Fsp3) is 0.857. The van der Waals surface area contributed by atoms with E-state index in [1.165, 1.54) is 19.5 Å². The number of rotatable bonds is 0. The van der Waals surface area contributed by atoms with Crippen LogP contribution >= 0.6 is 0 Å². The zero-order valence-electron chi connectivity index (χ0n) is 5.72. The molecule has 0 aromatic heterocycles. The smallest absolute Gasteiger partial charge is 0.000673 e. The summed E-state index contributed by atoms with van der Waals surface area (Å²) in [5.74, 6) is 0.814. The third-order valence-electron chi connectivity index (χ3n) is 1.68. The number of hydrogen-bond donors (Lipinski definition) is 0. The van der Waals surface area contributed by atoms with Crippen molar-refractivity contribution in [1.29, 1.82) is 0 Å². The summed E-state index contributed by atoms with van der Waals surface area (Å²) in [5, 5.41) is 0. The first-order valence-corrected chi connectivity index (χ1v) is 3.31. The Morgan fingerprint density at radius 3 is 2.75 bits per heavy atom. The average molecular weight is 112 g/mol. The highest BCUT2D eigenvalue weighted by Gasteiger charge is 2.11. The summed E-state index contributed by atoms with van der Waals surface area (Å²) in [6, 6.07) is 0. The molecule has 1 unspecified atom stereocenters. The Labute approximate surface area is 51.7 Å². The van der Waals surface area contributed by atoms with Gasteiger partial charge in [-0.2, -0.15) is 0 Å². The van der Waals surface area contributed by atoms with Crippen LogP contribution in [0.2, 0.25) is 0 Å². The van der Waals surface area contributed by atoms with E-state index in [9.17, 15) is 0 Å². The summed E-state index contributed by atoms with van der Waals surface area (Å²) in [6.45, 7) is 4.78. The zero-order chi connectivity index (χ0) is 5.98. The van der Waals surface area contributed by atoms with Crippen molar-refractivity contribution in [3.05, 3.63) is 6.42 Å². The second kappa shape index (κ2) is 2.49. The van der Waals surface area contributed by atoms with Gasteiger partial charge < -0.3 is 4.90 Å². The van der Waals surface area contributed by atoms with Gasteiger partial charge >= 0.3 is 0 Å². The average Bonchev–Trinajstić information content (AvgIpc) is 1.64. The van der Waals surface area contributed by atoms with Crippen LogP contribution in [-0.2, 0) is 0 Å². The van der Waals surface area contributed by atoms with E-state index in [1.54, 1.807) is 0 Å². The van der Waals surface area contributed by atoms with Crippen LogP contribution in [0.15, 0.2) is 0 Å². The van der Waals surface area contributed by atoms with Crippen LogP contribution in [0.25, 0.3) is 0 Å². The molecule has 0 N–H and O–H groups in total. The van der Waals surface area contributed by atoms with Gasteiger partial charge in [0.25, 0.3) is 0 Å². The number of piperidine rings is 1. The Morgan fingerprint density at radius 1 is 1.62 bits per heavy atom. The molecule has 0 aromatic carbocycles. The molecule has 1 aliphatic heterocycles. The molecule has 8 heavy (non-hydrogen) atoms. The van der Waals surface area contributed by atoms with Crippen molar-refractivity contribution in [1.82, 2.24) is 4.90 Å². The third kappa shape index (κ3) is 1.48. The molecule has 1 rings (SSSR count).